The Morgan fingerprint density at radius 1 is 1.05 bits per heavy atom. The lowest BCUT2D eigenvalue weighted by Crippen LogP contribution is -2.28. The molecule has 1 heterocycles. The number of carbonyl (C=O) groups excluding carboxylic acids is 1. The molecule has 0 saturated heterocycles. The van der Waals surface area contributed by atoms with Gasteiger partial charge in [0.2, 0.25) is 0 Å². The summed E-state index contributed by atoms with van der Waals surface area (Å²) in [5.41, 5.74) is 6.66. The monoisotopic (exact) mass is 583 g/mol. The fraction of sp³-hybridized carbons (Fsp3) is 0.394. The molecule has 0 radical (unpaired) electrons. The van der Waals surface area contributed by atoms with Crippen molar-refractivity contribution in [2.24, 2.45) is 0 Å². The van der Waals surface area contributed by atoms with Crippen molar-refractivity contribution in [2.75, 3.05) is 18.7 Å². The van der Waals surface area contributed by atoms with Crippen LogP contribution >= 0.6 is 11.6 Å². The van der Waals surface area contributed by atoms with Gasteiger partial charge in [-0.3, -0.25) is 0 Å². The van der Waals surface area contributed by atoms with Crippen LogP contribution in [0.2, 0.25) is 5.02 Å². The van der Waals surface area contributed by atoms with Crippen molar-refractivity contribution in [3.63, 3.8) is 0 Å². The number of anilines is 1. The third kappa shape index (κ3) is 7.88. The van der Waals surface area contributed by atoms with E-state index in [0.29, 0.717) is 28.4 Å². The number of rotatable bonds is 7. The van der Waals surface area contributed by atoms with Gasteiger partial charge in [0.25, 0.3) is 0 Å². The third-order valence-electron chi connectivity index (χ3n) is 6.59. The molecule has 222 valence electrons. The molecule has 0 aliphatic carbocycles. The van der Waals surface area contributed by atoms with Gasteiger partial charge in [0.05, 0.1) is 12.2 Å². The van der Waals surface area contributed by atoms with Gasteiger partial charge in [0, 0.05) is 21.8 Å². The number of carbonyl (C=O) groups is 2. The molecule has 0 amide bonds. The minimum atomic E-state index is -1.22. The number of hydrogen-bond acceptors (Lipinski definition) is 6. The number of carboxylic acid groups (broad SMARTS) is 1. The predicted octanol–water partition coefficient (Wildman–Crippen LogP) is 7.76. The second-order valence-electron chi connectivity index (χ2n) is 10.4. The standard InChI is InChI=1S/C30H34ClNO5.C2H6.CH2O/c1-17-24(21-10-13-23-20(15-21)7-6-14-36-23)26(28(29(34)35)37-30(3,4)5)18(2)27(32-16-33)25(17)19-8-11-22(31)12-9-19;2*1-2/h8-13,15,28,32-33H,6-7,14,16H2,1-5H3,(H,34,35);1-2H3;1H2. The molecule has 7 nitrogen and oxygen atoms in total. The first kappa shape index (κ1) is 33.8. The molecule has 1 aliphatic rings. The van der Waals surface area contributed by atoms with Crippen molar-refractivity contribution in [3.8, 4) is 28.0 Å². The molecule has 0 saturated carbocycles. The summed E-state index contributed by atoms with van der Waals surface area (Å²) in [5.74, 6) is -0.211. The number of hydrogen-bond donors (Lipinski definition) is 3. The van der Waals surface area contributed by atoms with Gasteiger partial charge in [-0.2, -0.15) is 0 Å². The third-order valence-corrected chi connectivity index (χ3v) is 6.84. The fourth-order valence-corrected chi connectivity index (χ4v) is 5.23. The van der Waals surface area contributed by atoms with Crippen LogP contribution in [0.5, 0.6) is 5.75 Å². The molecule has 3 aromatic rings. The second kappa shape index (κ2) is 15.0. The second-order valence-corrected chi connectivity index (χ2v) is 10.8. The van der Waals surface area contributed by atoms with Gasteiger partial charge in [0.15, 0.2) is 6.10 Å². The Hall–Kier alpha value is -3.39. The lowest BCUT2D eigenvalue weighted by Gasteiger charge is -2.31. The quantitative estimate of drug-likeness (QED) is 0.244. The van der Waals surface area contributed by atoms with Gasteiger partial charge in [-0.15, -0.1) is 0 Å². The summed E-state index contributed by atoms with van der Waals surface area (Å²) in [6, 6.07) is 13.5. The van der Waals surface area contributed by atoms with Gasteiger partial charge in [-0.1, -0.05) is 43.6 Å². The molecule has 4 rings (SSSR count). The maximum atomic E-state index is 12.7. The van der Waals surface area contributed by atoms with Crippen molar-refractivity contribution in [1.29, 1.82) is 0 Å². The summed E-state index contributed by atoms with van der Waals surface area (Å²) in [5, 5.41) is 24.0. The van der Waals surface area contributed by atoms with Crippen molar-refractivity contribution >= 4 is 30.0 Å². The number of ether oxygens (including phenoxy) is 2. The molecule has 3 N–H and O–H groups in total. The number of nitrogens with one attached hydrogen (secondary N) is 1. The van der Waals surface area contributed by atoms with E-state index in [2.05, 4.69) is 11.4 Å². The van der Waals surface area contributed by atoms with E-state index >= 15 is 0 Å². The molecule has 0 fully saturated rings. The fourth-order valence-electron chi connectivity index (χ4n) is 5.10. The van der Waals surface area contributed by atoms with Crippen LogP contribution in [-0.4, -0.2) is 41.9 Å². The highest BCUT2D eigenvalue weighted by Gasteiger charge is 2.34. The largest absolute Gasteiger partial charge is 0.493 e. The zero-order valence-electron chi connectivity index (χ0n) is 25.1. The average Bonchev–Trinajstić information content (AvgIpc) is 2.96. The Kier molecular flexibility index (Phi) is 12.4. The highest BCUT2D eigenvalue weighted by atomic mass is 35.5. The van der Waals surface area contributed by atoms with Crippen LogP contribution in [-0.2, 0) is 20.7 Å². The number of aliphatic hydroxyl groups excluding tert-OH is 1. The zero-order chi connectivity index (χ0) is 30.9. The molecule has 1 atom stereocenters. The van der Waals surface area contributed by atoms with Crippen LogP contribution in [0.4, 0.5) is 5.69 Å². The number of aliphatic carboxylic acids is 1. The Bertz CT molecular complexity index is 1330. The maximum Gasteiger partial charge on any atom is 0.337 e. The van der Waals surface area contributed by atoms with E-state index in [4.69, 9.17) is 25.9 Å². The first-order chi connectivity index (χ1) is 19.5. The van der Waals surface area contributed by atoms with Crippen LogP contribution in [0.25, 0.3) is 22.3 Å². The van der Waals surface area contributed by atoms with Gasteiger partial charge in [0.1, 0.15) is 19.3 Å². The SMILES string of the molecule is C=O.CC.Cc1c(-c2ccc(Cl)cc2)c(NCO)c(C)c(C(OC(C)(C)C)C(=O)O)c1-c1ccc2c(c1)CCCO2. The maximum absolute atomic E-state index is 12.7. The minimum absolute atomic E-state index is 0.312. The molecule has 0 spiro atoms. The van der Waals surface area contributed by atoms with E-state index in [1.54, 1.807) is 0 Å². The lowest BCUT2D eigenvalue weighted by molar-refractivity contribution is -0.160. The molecule has 1 unspecified atom stereocenters. The number of carboxylic acids is 1. The molecule has 0 aromatic heterocycles. The topological polar surface area (TPSA) is 105 Å². The van der Waals surface area contributed by atoms with Crippen molar-refractivity contribution in [2.45, 2.75) is 73.0 Å². The van der Waals surface area contributed by atoms with Crippen molar-refractivity contribution < 1.29 is 29.3 Å². The first-order valence-electron chi connectivity index (χ1n) is 13.7. The van der Waals surface area contributed by atoms with Gasteiger partial charge >= 0.3 is 5.97 Å². The van der Waals surface area contributed by atoms with E-state index in [1.807, 2.05) is 91.7 Å². The number of aliphatic hydroxyl groups is 1. The van der Waals surface area contributed by atoms with E-state index < -0.39 is 17.7 Å². The highest BCUT2D eigenvalue weighted by Crippen LogP contribution is 2.47. The molecular weight excluding hydrogens is 542 g/mol. The molecule has 3 aromatic carbocycles. The summed E-state index contributed by atoms with van der Waals surface area (Å²) in [7, 11) is 0. The summed E-state index contributed by atoms with van der Waals surface area (Å²) < 4.78 is 12.0. The Morgan fingerprint density at radius 2 is 1.66 bits per heavy atom. The van der Waals surface area contributed by atoms with Crippen molar-refractivity contribution in [3.05, 3.63) is 69.7 Å². The van der Waals surface area contributed by atoms with Gasteiger partial charge < -0.3 is 29.8 Å². The number of halogens is 1. The Labute approximate surface area is 248 Å². The number of aryl methyl sites for hydroxylation is 1. The van der Waals surface area contributed by atoms with Gasteiger partial charge in [-0.05, 0) is 105 Å². The van der Waals surface area contributed by atoms with E-state index in [-0.39, 0.29) is 6.73 Å². The van der Waals surface area contributed by atoms with E-state index in [0.717, 1.165) is 52.0 Å². The molecular formula is C33H42ClNO6. The lowest BCUT2D eigenvalue weighted by atomic mass is 9.82. The van der Waals surface area contributed by atoms with Crippen LogP contribution < -0.4 is 10.1 Å². The number of benzene rings is 3. The Balaban J connectivity index is 0.00000141. The zero-order valence-corrected chi connectivity index (χ0v) is 25.8. The molecule has 8 heteroatoms. The minimum Gasteiger partial charge on any atom is -0.493 e. The molecule has 41 heavy (non-hydrogen) atoms. The summed E-state index contributed by atoms with van der Waals surface area (Å²) in [4.78, 5) is 20.7. The predicted molar refractivity (Wildman–Crippen MR) is 166 cm³/mol. The van der Waals surface area contributed by atoms with Crippen LogP contribution in [0.1, 0.15) is 69.4 Å². The van der Waals surface area contributed by atoms with E-state index in [9.17, 15) is 15.0 Å². The van der Waals surface area contributed by atoms with Gasteiger partial charge in [-0.25, -0.2) is 4.79 Å². The molecule has 1 aliphatic heterocycles. The van der Waals surface area contributed by atoms with Crippen LogP contribution in [0, 0.1) is 13.8 Å². The summed E-state index contributed by atoms with van der Waals surface area (Å²) >= 11 is 6.18. The first-order valence-corrected chi connectivity index (χ1v) is 14.1. The van der Waals surface area contributed by atoms with Crippen LogP contribution in [0.3, 0.4) is 0 Å². The normalized spacial score (nSPS) is 12.9. The highest BCUT2D eigenvalue weighted by molar-refractivity contribution is 6.30. The van der Waals surface area contributed by atoms with Crippen molar-refractivity contribution in [1.82, 2.24) is 0 Å². The van der Waals surface area contributed by atoms with E-state index in [1.165, 1.54) is 0 Å². The summed E-state index contributed by atoms with van der Waals surface area (Å²) in [6.45, 7) is 15.8. The summed E-state index contributed by atoms with van der Waals surface area (Å²) in [6.07, 6.45) is 0.604. The Morgan fingerprint density at radius 3 is 2.22 bits per heavy atom. The average molecular weight is 584 g/mol. The number of fused-ring (bicyclic) bond motifs is 1. The van der Waals surface area contributed by atoms with Crippen LogP contribution in [0.15, 0.2) is 42.5 Å². The smallest absolute Gasteiger partial charge is 0.337 e. The molecule has 0 bridgehead atoms.